The number of ether oxygens (including phenoxy) is 2. The molecule has 4 nitrogen and oxygen atoms in total. The smallest absolute Gasteiger partial charge is 0.205 e. The Balaban J connectivity index is 2.26. The minimum absolute atomic E-state index is 0.364. The first kappa shape index (κ1) is 8.22. The number of rotatable bonds is 1. The second kappa shape index (κ2) is 3.16. The van der Waals surface area contributed by atoms with Crippen LogP contribution in [-0.4, -0.2) is 18.4 Å². The monoisotopic (exact) mass is 233 g/mol. The van der Waals surface area contributed by atoms with Crippen LogP contribution in [0.5, 0.6) is 0 Å². The van der Waals surface area contributed by atoms with E-state index in [4.69, 9.17) is 14.0 Å². The van der Waals surface area contributed by atoms with Gasteiger partial charge in [-0.25, -0.2) is 0 Å². The molecule has 1 aliphatic heterocycles. The molecule has 1 fully saturated rings. The van der Waals surface area contributed by atoms with Gasteiger partial charge in [0.1, 0.15) is 5.76 Å². The van der Waals surface area contributed by atoms with E-state index in [0.717, 1.165) is 10.2 Å². The SMILES string of the molecule is Cc1onc(C2OCCO2)c1Br. The van der Waals surface area contributed by atoms with Crippen LogP contribution in [0.2, 0.25) is 0 Å². The van der Waals surface area contributed by atoms with Crippen molar-refractivity contribution in [3.8, 4) is 0 Å². The Bertz CT molecular complexity index is 280. The topological polar surface area (TPSA) is 44.5 Å². The van der Waals surface area contributed by atoms with Crippen molar-refractivity contribution in [2.45, 2.75) is 13.2 Å². The zero-order chi connectivity index (χ0) is 8.55. The molecule has 0 radical (unpaired) electrons. The van der Waals surface area contributed by atoms with Gasteiger partial charge in [0.25, 0.3) is 0 Å². The number of aromatic nitrogens is 1. The van der Waals surface area contributed by atoms with E-state index >= 15 is 0 Å². The molecule has 2 heterocycles. The highest BCUT2D eigenvalue weighted by atomic mass is 79.9. The predicted octanol–water partition coefficient (Wildman–Crippen LogP) is 1.79. The molecule has 0 atom stereocenters. The molecule has 0 spiro atoms. The highest BCUT2D eigenvalue weighted by Crippen LogP contribution is 2.30. The van der Waals surface area contributed by atoms with Gasteiger partial charge in [-0.3, -0.25) is 0 Å². The molecule has 5 heteroatoms. The van der Waals surface area contributed by atoms with Gasteiger partial charge in [-0.1, -0.05) is 5.16 Å². The first-order valence-electron chi connectivity index (χ1n) is 3.64. The van der Waals surface area contributed by atoms with Gasteiger partial charge in [0.15, 0.2) is 5.69 Å². The molecule has 0 bridgehead atoms. The molecule has 1 aromatic rings. The van der Waals surface area contributed by atoms with E-state index in [9.17, 15) is 0 Å². The Morgan fingerprint density at radius 3 is 2.58 bits per heavy atom. The van der Waals surface area contributed by atoms with Crippen LogP contribution in [0.15, 0.2) is 9.00 Å². The van der Waals surface area contributed by atoms with Crippen molar-refractivity contribution in [1.82, 2.24) is 5.16 Å². The molecule has 2 rings (SSSR count). The zero-order valence-electron chi connectivity index (χ0n) is 6.54. The van der Waals surface area contributed by atoms with E-state index < -0.39 is 0 Å². The van der Waals surface area contributed by atoms with Crippen LogP contribution in [0, 0.1) is 6.92 Å². The lowest BCUT2D eigenvalue weighted by Crippen LogP contribution is -1.98. The van der Waals surface area contributed by atoms with Crippen molar-refractivity contribution in [3.63, 3.8) is 0 Å². The lowest BCUT2D eigenvalue weighted by atomic mass is 10.4. The Labute approximate surface area is 77.9 Å². The summed E-state index contributed by atoms with van der Waals surface area (Å²) in [6.45, 7) is 3.06. The highest BCUT2D eigenvalue weighted by Gasteiger charge is 2.25. The summed E-state index contributed by atoms with van der Waals surface area (Å²) < 4.78 is 16.3. The van der Waals surface area contributed by atoms with Gasteiger partial charge in [0.05, 0.1) is 17.7 Å². The van der Waals surface area contributed by atoms with Gasteiger partial charge < -0.3 is 14.0 Å². The number of aryl methyl sites for hydroxylation is 1. The summed E-state index contributed by atoms with van der Waals surface area (Å²) in [6, 6.07) is 0. The van der Waals surface area contributed by atoms with Crippen molar-refractivity contribution in [2.24, 2.45) is 0 Å². The minimum atomic E-state index is -0.364. The maximum atomic E-state index is 5.26. The Kier molecular flexibility index (Phi) is 2.16. The van der Waals surface area contributed by atoms with Gasteiger partial charge in [0, 0.05) is 0 Å². The maximum absolute atomic E-state index is 5.26. The molecule has 1 saturated heterocycles. The van der Waals surface area contributed by atoms with Crippen LogP contribution in [-0.2, 0) is 9.47 Å². The van der Waals surface area contributed by atoms with Gasteiger partial charge in [-0.05, 0) is 22.9 Å². The molecule has 12 heavy (non-hydrogen) atoms. The van der Waals surface area contributed by atoms with E-state index in [-0.39, 0.29) is 6.29 Å². The molecule has 0 aliphatic carbocycles. The largest absolute Gasteiger partial charge is 0.360 e. The van der Waals surface area contributed by atoms with Crippen molar-refractivity contribution in [2.75, 3.05) is 13.2 Å². The Morgan fingerprint density at radius 1 is 1.42 bits per heavy atom. The van der Waals surface area contributed by atoms with Crippen molar-refractivity contribution in [1.29, 1.82) is 0 Å². The summed E-state index contributed by atoms with van der Waals surface area (Å²) in [5.41, 5.74) is 0.685. The molecule has 1 aromatic heterocycles. The minimum Gasteiger partial charge on any atom is -0.360 e. The third-order valence-corrected chi connectivity index (χ3v) is 2.62. The fraction of sp³-hybridized carbons (Fsp3) is 0.571. The third kappa shape index (κ3) is 1.28. The number of halogens is 1. The van der Waals surface area contributed by atoms with Crippen molar-refractivity contribution < 1.29 is 14.0 Å². The lowest BCUT2D eigenvalue weighted by molar-refractivity contribution is -0.0495. The highest BCUT2D eigenvalue weighted by molar-refractivity contribution is 9.10. The molecular weight excluding hydrogens is 226 g/mol. The molecule has 0 saturated carbocycles. The molecule has 0 N–H and O–H groups in total. The summed E-state index contributed by atoms with van der Waals surface area (Å²) in [7, 11) is 0. The fourth-order valence-corrected chi connectivity index (χ4v) is 1.37. The summed E-state index contributed by atoms with van der Waals surface area (Å²) in [5, 5.41) is 3.83. The van der Waals surface area contributed by atoms with E-state index in [1.165, 1.54) is 0 Å². The fourth-order valence-electron chi connectivity index (χ4n) is 1.04. The summed E-state index contributed by atoms with van der Waals surface area (Å²) in [5.74, 6) is 0.740. The summed E-state index contributed by atoms with van der Waals surface area (Å²) in [6.07, 6.45) is -0.364. The average Bonchev–Trinajstić information content (AvgIpc) is 2.64. The van der Waals surface area contributed by atoms with Gasteiger partial charge in [0.2, 0.25) is 6.29 Å². The van der Waals surface area contributed by atoms with E-state index in [2.05, 4.69) is 21.1 Å². The third-order valence-electron chi connectivity index (χ3n) is 1.66. The average molecular weight is 234 g/mol. The van der Waals surface area contributed by atoms with E-state index in [1.807, 2.05) is 6.92 Å². The number of nitrogens with zero attached hydrogens (tertiary/aromatic N) is 1. The molecule has 0 amide bonds. The molecule has 0 unspecified atom stereocenters. The van der Waals surface area contributed by atoms with Crippen LogP contribution in [0.3, 0.4) is 0 Å². The summed E-state index contributed by atoms with van der Waals surface area (Å²) >= 11 is 3.34. The van der Waals surface area contributed by atoms with E-state index in [0.29, 0.717) is 18.9 Å². The van der Waals surface area contributed by atoms with Crippen molar-refractivity contribution in [3.05, 3.63) is 15.9 Å². The lowest BCUT2D eigenvalue weighted by Gasteiger charge is -2.03. The first-order chi connectivity index (χ1) is 5.79. The standard InChI is InChI=1S/C7H8BrNO3/c1-4-5(8)6(9-12-4)7-10-2-3-11-7/h7H,2-3H2,1H3. The van der Waals surface area contributed by atoms with Crippen LogP contribution < -0.4 is 0 Å². The van der Waals surface area contributed by atoms with Crippen LogP contribution >= 0.6 is 15.9 Å². The van der Waals surface area contributed by atoms with Crippen LogP contribution in [0.4, 0.5) is 0 Å². The Morgan fingerprint density at radius 2 is 2.08 bits per heavy atom. The second-order valence-electron chi connectivity index (χ2n) is 2.51. The quantitative estimate of drug-likeness (QED) is 0.742. The normalized spacial score (nSPS) is 18.8. The first-order valence-corrected chi connectivity index (χ1v) is 4.43. The van der Waals surface area contributed by atoms with Gasteiger partial charge >= 0.3 is 0 Å². The number of hydrogen-bond acceptors (Lipinski definition) is 4. The van der Waals surface area contributed by atoms with Crippen molar-refractivity contribution >= 4 is 15.9 Å². The molecular formula is C7H8BrNO3. The maximum Gasteiger partial charge on any atom is 0.205 e. The van der Waals surface area contributed by atoms with Crippen LogP contribution in [0.1, 0.15) is 17.7 Å². The molecule has 1 aliphatic rings. The molecule has 0 aromatic carbocycles. The second-order valence-corrected chi connectivity index (χ2v) is 3.30. The molecule has 66 valence electrons. The Hall–Kier alpha value is -0.390. The summed E-state index contributed by atoms with van der Waals surface area (Å²) in [4.78, 5) is 0. The predicted molar refractivity (Wildman–Crippen MR) is 43.6 cm³/mol. The van der Waals surface area contributed by atoms with E-state index in [1.54, 1.807) is 0 Å². The van der Waals surface area contributed by atoms with Crippen LogP contribution in [0.25, 0.3) is 0 Å². The van der Waals surface area contributed by atoms with Gasteiger partial charge in [-0.15, -0.1) is 0 Å². The number of hydrogen-bond donors (Lipinski definition) is 0. The zero-order valence-corrected chi connectivity index (χ0v) is 8.13. The van der Waals surface area contributed by atoms with Gasteiger partial charge in [-0.2, -0.15) is 0 Å².